The summed E-state index contributed by atoms with van der Waals surface area (Å²) in [7, 11) is 0. The molecule has 11 nitrogen and oxygen atoms in total. The van der Waals surface area contributed by atoms with Gasteiger partial charge in [0.25, 0.3) is 0 Å². The number of fused-ring (bicyclic) bond motifs is 1. The van der Waals surface area contributed by atoms with Crippen molar-refractivity contribution in [3.8, 4) is 22.9 Å². The fourth-order valence-electron chi connectivity index (χ4n) is 4.52. The van der Waals surface area contributed by atoms with Crippen LogP contribution < -0.4 is 4.90 Å². The number of nitrogens with zero attached hydrogens (tertiary/aromatic N) is 9. The van der Waals surface area contributed by atoms with E-state index in [1.165, 1.54) is 21.9 Å². The van der Waals surface area contributed by atoms with Gasteiger partial charge in [-0.05, 0) is 12.1 Å². The highest BCUT2D eigenvalue weighted by atomic mass is 19.4. The molecule has 0 saturated carbocycles. The first-order valence-electron chi connectivity index (χ1n) is 11.8. The first kappa shape index (κ1) is 25.5. The molecular formula is C24H18F5N9O2. The van der Waals surface area contributed by atoms with Crippen LogP contribution in [-0.2, 0) is 25.8 Å². The molecule has 6 rings (SSSR count). The monoisotopic (exact) mass is 559 g/mol. The van der Waals surface area contributed by atoms with Crippen molar-refractivity contribution in [3.63, 3.8) is 0 Å². The molecule has 206 valence electrons. The van der Waals surface area contributed by atoms with Crippen molar-refractivity contribution in [1.29, 1.82) is 0 Å². The summed E-state index contributed by atoms with van der Waals surface area (Å²) < 4.78 is 76.7. The van der Waals surface area contributed by atoms with Gasteiger partial charge < -0.3 is 19.1 Å². The maximum absolute atomic E-state index is 15.0. The molecule has 1 aliphatic rings. The number of hydrogen-bond donors (Lipinski definition) is 1. The molecular weight excluding hydrogens is 541 g/mol. The van der Waals surface area contributed by atoms with Gasteiger partial charge in [0.15, 0.2) is 23.3 Å². The molecule has 0 saturated heterocycles. The molecule has 0 amide bonds. The summed E-state index contributed by atoms with van der Waals surface area (Å²) >= 11 is 0. The third kappa shape index (κ3) is 4.55. The molecule has 1 N–H and O–H groups in total. The fraction of sp³-hybridized carbons (Fsp3) is 0.250. The predicted octanol–water partition coefficient (Wildman–Crippen LogP) is 3.31. The van der Waals surface area contributed by atoms with Gasteiger partial charge in [-0.2, -0.15) is 18.3 Å². The number of aromatic nitrogens is 8. The number of rotatable bonds is 6. The molecule has 5 heterocycles. The van der Waals surface area contributed by atoms with Crippen LogP contribution in [0.25, 0.3) is 22.9 Å². The number of alkyl halides is 3. The zero-order valence-corrected chi connectivity index (χ0v) is 20.3. The normalized spacial score (nSPS) is 15.4. The molecule has 1 atom stereocenters. The molecule has 0 bridgehead atoms. The van der Waals surface area contributed by atoms with Gasteiger partial charge in [0.05, 0.1) is 37.6 Å². The largest absolute Gasteiger partial charge is 0.451 e. The highest BCUT2D eigenvalue weighted by Crippen LogP contribution is 2.33. The third-order valence-electron chi connectivity index (χ3n) is 6.42. The molecule has 16 heteroatoms. The van der Waals surface area contributed by atoms with Crippen molar-refractivity contribution in [2.75, 3.05) is 11.5 Å². The fourth-order valence-corrected chi connectivity index (χ4v) is 4.52. The minimum absolute atomic E-state index is 0.0202. The Morgan fingerprint density at radius 1 is 1.05 bits per heavy atom. The van der Waals surface area contributed by atoms with E-state index < -0.39 is 36.3 Å². The van der Waals surface area contributed by atoms with Gasteiger partial charge >= 0.3 is 6.18 Å². The summed E-state index contributed by atoms with van der Waals surface area (Å²) in [5.41, 5.74) is 1.38. The van der Waals surface area contributed by atoms with Crippen molar-refractivity contribution >= 4 is 5.82 Å². The second kappa shape index (κ2) is 9.78. The maximum atomic E-state index is 15.0. The van der Waals surface area contributed by atoms with E-state index in [4.69, 9.17) is 4.52 Å². The molecule has 40 heavy (non-hydrogen) atoms. The molecule has 4 aromatic heterocycles. The van der Waals surface area contributed by atoms with Gasteiger partial charge in [0.1, 0.15) is 23.5 Å². The lowest BCUT2D eigenvalue weighted by Crippen LogP contribution is -2.47. The Morgan fingerprint density at radius 3 is 2.60 bits per heavy atom. The topological polar surface area (TPSA) is 124 Å². The van der Waals surface area contributed by atoms with E-state index >= 15 is 4.39 Å². The van der Waals surface area contributed by atoms with Crippen LogP contribution in [-0.4, -0.2) is 57.4 Å². The van der Waals surface area contributed by atoms with E-state index in [1.54, 1.807) is 30.3 Å². The van der Waals surface area contributed by atoms with Crippen LogP contribution in [0.5, 0.6) is 0 Å². The van der Waals surface area contributed by atoms with Gasteiger partial charge in [0, 0.05) is 18.2 Å². The molecule has 0 radical (unpaired) electrons. The predicted molar refractivity (Wildman–Crippen MR) is 126 cm³/mol. The quantitative estimate of drug-likeness (QED) is 0.312. The number of anilines is 1. The molecule has 1 unspecified atom stereocenters. The average molecular weight is 559 g/mol. The highest BCUT2D eigenvalue weighted by molar-refractivity contribution is 5.63. The van der Waals surface area contributed by atoms with Crippen molar-refractivity contribution in [3.05, 3.63) is 77.7 Å². The van der Waals surface area contributed by atoms with E-state index in [-0.39, 0.29) is 42.8 Å². The van der Waals surface area contributed by atoms with Gasteiger partial charge in [-0.1, -0.05) is 23.4 Å². The summed E-state index contributed by atoms with van der Waals surface area (Å²) in [6, 6.07) is 8.35. The molecule has 0 fully saturated rings. The summed E-state index contributed by atoms with van der Waals surface area (Å²) in [6.07, 6.45) is -2.49. The van der Waals surface area contributed by atoms with Crippen molar-refractivity contribution < 1.29 is 31.6 Å². The van der Waals surface area contributed by atoms with Crippen LogP contribution in [0.3, 0.4) is 0 Å². The van der Waals surface area contributed by atoms with E-state index in [9.17, 15) is 22.7 Å². The van der Waals surface area contributed by atoms with Crippen LogP contribution >= 0.6 is 0 Å². The van der Waals surface area contributed by atoms with Crippen molar-refractivity contribution in [2.24, 2.45) is 0 Å². The SMILES string of the molecule is OCC1Cn2c(nnc2C(F)(F)F)CN1c1nc(-c2cc(-c3ccon3)n(Cc3ccccc3F)n2)ncc1F. The van der Waals surface area contributed by atoms with Crippen LogP contribution in [0.15, 0.2) is 53.4 Å². The Hall–Kier alpha value is -4.73. The molecule has 1 aliphatic heterocycles. The summed E-state index contributed by atoms with van der Waals surface area (Å²) in [4.78, 5) is 9.66. The van der Waals surface area contributed by atoms with Crippen molar-refractivity contribution in [2.45, 2.75) is 31.9 Å². The van der Waals surface area contributed by atoms with E-state index in [0.29, 0.717) is 17.0 Å². The van der Waals surface area contributed by atoms with Gasteiger partial charge in [0.2, 0.25) is 5.82 Å². The lowest BCUT2D eigenvalue weighted by atomic mass is 10.2. The lowest BCUT2D eigenvalue weighted by Gasteiger charge is -2.36. The van der Waals surface area contributed by atoms with Crippen LogP contribution in [0.1, 0.15) is 17.2 Å². The summed E-state index contributed by atoms with van der Waals surface area (Å²) in [6.45, 7) is -1.21. The van der Waals surface area contributed by atoms with Crippen LogP contribution in [0.2, 0.25) is 0 Å². The minimum atomic E-state index is -4.75. The van der Waals surface area contributed by atoms with Gasteiger partial charge in [-0.15, -0.1) is 10.2 Å². The lowest BCUT2D eigenvalue weighted by molar-refractivity contribution is -0.147. The Balaban J connectivity index is 1.38. The molecule has 0 spiro atoms. The van der Waals surface area contributed by atoms with E-state index in [0.717, 1.165) is 10.8 Å². The zero-order chi connectivity index (χ0) is 28.0. The van der Waals surface area contributed by atoms with E-state index in [1.807, 2.05) is 0 Å². The smallest absolute Gasteiger partial charge is 0.394 e. The zero-order valence-electron chi connectivity index (χ0n) is 20.3. The molecule has 1 aromatic carbocycles. The first-order valence-corrected chi connectivity index (χ1v) is 11.8. The van der Waals surface area contributed by atoms with Crippen LogP contribution in [0, 0.1) is 11.6 Å². The average Bonchev–Trinajstić information content (AvgIpc) is 3.69. The summed E-state index contributed by atoms with van der Waals surface area (Å²) in [5, 5.41) is 25.2. The molecule has 5 aromatic rings. The third-order valence-corrected chi connectivity index (χ3v) is 6.42. The second-order valence-electron chi connectivity index (χ2n) is 8.93. The highest BCUT2D eigenvalue weighted by Gasteiger charge is 2.41. The van der Waals surface area contributed by atoms with E-state index in [2.05, 4.69) is 30.4 Å². The number of aliphatic hydroxyl groups is 1. The number of halogens is 5. The number of benzene rings is 1. The number of hydrogen-bond acceptors (Lipinski definition) is 9. The Morgan fingerprint density at radius 2 is 1.88 bits per heavy atom. The minimum Gasteiger partial charge on any atom is -0.394 e. The molecule has 0 aliphatic carbocycles. The second-order valence-corrected chi connectivity index (χ2v) is 8.93. The van der Waals surface area contributed by atoms with Crippen LogP contribution in [0.4, 0.5) is 27.8 Å². The standard InChI is InChI=1S/C24H18F5N9O2/c25-15-4-2-1-3-13(15)9-38-19(17-5-6-40-35-17)7-18(34-38)21-30-8-16(26)22(31-21)36-11-20-32-33-23(24(27,28)29)37(20)10-14(36)12-39/h1-8,14,39H,9-12H2. The Bertz CT molecular complexity index is 1670. The maximum Gasteiger partial charge on any atom is 0.451 e. The van der Waals surface area contributed by atoms with Crippen molar-refractivity contribution in [1.82, 2.24) is 39.7 Å². The Kier molecular flexibility index (Phi) is 6.25. The first-order chi connectivity index (χ1) is 19.2. The Labute approximate surface area is 221 Å². The summed E-state index contributed by atoms with van der Waals surface area (Å²) in [5.74, 6) is -2.86. The van der Waals surface area contributed by atoms with Gasteiger partial charge in [-0.25, -0.2) is 18.7 Å². The van der Waals surface area contributed by atoms with Gasteiger partial charge in [-0.3, -0.25) is 4.68 Å². The number of aliphatic hydroxyl groups excluding tert-OH is 1.